The Balaban J connectivity index is 0.000000400. The minimum Gasteiger partial charge on any atom is -0.872 e. The molecule has 0 radical (unpaired) electrons. The van der Waals surface area contributed by atoms with Crippen molar-refractivity contribution < 1.29 is 45.6 Å². The number of rotatable bonds is 26. The van der Waals surface area contributed by atoms with Crippen molar-refractivity contribution in [2.24, 2.45) is 0 Å². The van der Waals surface area contributed by atoms with Crippen LogP contribution in [0.1, 0.15) is 141 Å². The summed E-state index contributed by atoms with van der Waals surface area (Å²) in [6.45, 7) is 4.42. The van der Waals surface area contributed by atoms with E-state index in [-0.39, 0.29) is 64.8 Å². The van der Waals surface area contributed by atoms with Gasteiger partial charge in [-0.25, -0.2) is 8.42 Å². The number of ether oxygens (including phenoxy) is 2. The van der Waals surface area contributed by atoms with Gasteiger partial charge in [0.1, 0.15) is 43.8 Å². The molecule has 59 heavy (non-hydrogen) atoms. The van der Waals surface area contributed by atoms with Crippen molar-refractivity contribution in [2.75, 3.05) is 0 Å². The number of phenols is 1. The van der Waals surface area contributed by atoms with E-state index < -0.39 is 20.2 Å². The summed E-state index contributed by atoms with van der Waals surface area (Å²) in [6, 6.07) is 21.2. The molecule has 0 fully saturated rings. The van der Waals surface area contributed by atoms with Gasteiger partial charge in [0.05, 0.1) is 4.90 Å². The Kier molecular flexibility index (Phi) is 25.4. The zero-order valence-corrected chi connectivity index (χ0v) is 38.8. The van der Waals surface area contributed by atoms with Crippen LogP contribution < -0.4 is 14.6 Å². The smallest absolute Gasteiger partial charge is 0.872 e. The topological polar surface area (TPSA) is 173 Å². The maximum absolute atomic E-state index is 11.8. The molecule has 13 heteroatoms. The number of phenolic OH excluding ortho intramolecular Hbond substituents is 1. The number of hydrogen-bond acceptors (Lipinski definition) is 9. The van der Waals surface area contributed by atoms with Gasteiger partial charge in [-0.3, -0.25) is 4.55 Å². The second-order valence-electron chi connectivity index (χ2n) is 14.8. The Morgan fingerprint density at radius 3 is 1.22 bits per heavy atom. The summed E-state index contributed by atoms with van der Waals surface area (Å²) >= 11 is 0. The third-order valence-corrected chi connectivity index (χ3v) is 11.7. The molecule has 4 aromatic rings. The fourth-order valence-corrected chi connectivity index (χ4v) is 8.15. The van der Waals surface area contributed by atoms with Crippen molar-refractivity contribution in [2.45, 2.75) is 152 Å². The van der Waals surface area contributed by atoms with E-state index in [1.165, 1.54) is 126 Å². The third-order valence-electron chi connectivity index (χ3n) is 9.86. The first kappa shape index (κ1) is 52.3. The molecule has 320 valence electrons. The average Bonchev–Trinajstić information content (AvgIpc) is 3.18. The second kappa shape index (κ2) is 28.6. The number of aryl methyl sites for hydroxylation is 2. The van der Waals surface area contributed by atoms with Crippen LogP contribution in [0.25, 0.3) is 0 Å². The summed E-state index contributed by atoms with van der Waals surface area (Å²) in [6.07, 6.45) is 22.5. The molecule has 2 N–H and O–H groups in total. The molecule has 0 saturated carbocycles. The molecule has 0 atom stereocenters. The summed E-state index contributed by atoms with van der Waals surface area (Å²) in [4.78, 5) is -0.330. The Bertz CT molecular complexity index is 1840. The average molecular weight is 879 g/mol. The largest absolute Gasteiger partial charge is 2.00 e. The van der Waals surface area contributed by atoms with Crippen molar-refractivity contribution >= 4 is 58.0 Å². The van der Waals surface area contributed by atoms with Crippen LogP contribution in [0.15, 0.2) is 94.7 Å². The van der Waals surface area contributed by atoms with Crippen LogP contribution in [0.5, 0.6) is 34.5 Å². The molecular weight excluding hydrogens is 817 g/mol. The van der Waals surface area contributed by atoms with Crippen molar-refractivity contribution in [3.8, 4) is 34.5 Å². The molecular formula is C46H62CaO10S2. The van der Waals surface area contributed by atoms with E-state index in [2.05, 4.69) is 13.8 Å². The Morgan fingerprint density at radius 1 is 0.492 bits per heavy atom. The van der Waals surface area contributed by atoms with Gasteiger partial charge < -0.3 is 24.2 Å². The van der Waals surface area contributed by atoms with Crippen molar-refractivity contribution in [1.29, 1.82) is 0 Å². The molecule has 0 bridgehead atoms. The van der Waals surface area contributed by atoms with E-state index >= 15 is 0 Å². The first-order valence-corrected chi connectivity index (χ1v) is 23.8. The minimum atomic E-state index is -4.60. The van der Waals surface area contributed by atoms with E-state index in [0.717, 1.165) is 38.5 Å². The van der Waals surface area contributed by atoms with Gasteiger partial charge in [0.25, 0.3) is 10.1 Å². The molecule has 0 aliphatic rings. The molecule has 0 aromatic heterocycles. The van der Waals surface area contributed by atoms with E-state index in [9.17, 15) is 36.2 Å². The van der Waals surface area contributed by atoms with Crippen LogP contribution in [0.2, 0.25) is 0 Å². The monoisotopic (exact) mass is 878 g/mol. The Labute approximate surface area is 383 Å². The Hall–Kier alpha value is -2.84. The molecule has 0 saturated heterocycles. The van der Waals surface area contributed by atoms with Crippen molar-refractivity contribution in [3.63, 3.8) is 0 Å². The molecule has 4 aromatic carbocycles. The molecule has 0 heterocycles. The van der Waals surface area contributed by atoms with Gasteiger partial charge in [-0.15, -0.1) is 5.75 Å². The fraction of sp³-hybridized carbons (Fsp3) is 0.478. The molecule has 10 nitrogen and oxygen atoms in total. The molecule has 0 unspecified atom stereocenters. The van der Waals surface area contributed by atoms with Gasteiger partial charge in [-0.05, 0) is 91.4 Å². The first-order chi connectivity index (χ1) is 27.8. The molecule has 0 aliphatic carbocycles. The standard InChI is InChI=1S/2C23H32O5S.Ca/c2*1-2-3-4-5-6-7-8-9-10-11-19-12-15-22(18-23(19)29(25,26)27)28-21-16-13-20(24)14-17-21;/h2*12-18,24H,2-11H2,1H3,(H,25,26,27);/q;;+2/p-2. The summed E-state index contributed by atoms with van der Waals surface area (Å²) in [5.74, 6) is 1.43. The SMILES string of the molecule is CCCCCCCCCCCc1ccc(Oc2ccc(O)cc2)cc1S(=O)(=O)O.CCCCCCCCCCCc1ccc(Oc2ccc([O-])cc2)cc1S(=O)(=O)[O-].[Ca+2]. The Morgan fingerprint density at radius 2 is 0.831 bits per heavy atom. The molecule has 0 aliphatic heterocycles. The van der Waals surface area contributed by atoms with Gasteiger partial charge in [-0.1, -0.05) is 141 Å². The van der Waals surface area contributed by atoms with Crippen LogP contribution in [-0.4, -0.2) is 68.8 Å². The van der Waals surface area contributed by atoms with Crippen molar-refractivity contribution in [1.82, 2.24) is 0 Å². The quantitative estimate of drug-likeness (QED) is 0.0351. The van der Waals surface area contributed by atoms with Crippen LogP contribution in [0.3, 0.4) is 0 Å². The second-order valence-corrected chi connectivity index (χ2v) is 17.5. The van der Waals surface area contributed by atoms with Gasteiger partial charge in [0.2, 0.25) is 0 Å². The van der Waals surface area contributed by atoms with E-state index in [1.54, 1.807) is 36.4 Å². The zero-order chi connectivity index (χ0) is 42.2. The number of unbranched alkanes of at least 4 members (excludes halogenated alkanes) is 16. The van der Waals surface area contributed by atoms with E-state index in [1.807, 2.05) is 0 Å². The predicted molar refractivity (Wildman–Crippen MR) is 232 cm³/mol. The predicted octanol–water partition coefficient (Wildman–Crippen LogP) is 11.7. The summed E-state index contributed by atoms with van der Waals surface area (Å²) < 4.78 is 79.6. The maximum atomic E-state index is 11.8. The fourth-order valence-electron chi connectivity index (χ4n) is 6.63. The van der Waals surface area contributed by atoms with Gasteiger partial charge in [0.15, 0.2) is 0 Å². The third kappa shape index (κ3) is 21.5. The molecule has 0 amide bonds. The van der Waals surface area contributed by atoms with Crippen LogP contribution >= 0.6 is 0 Å². The summed E-state index contributed by atoms with van der Waals surface area (Å²) in [5, 5.41) is 20.5. The zero-order valence-electron chi connectivity index (χ0n) is 34.9. The van der Waals surface area contributed by atoms with E-state index in [0.29, 0.717) is 41.2 Å². The van der Waals surface area contributed by atoms with Gasteiger partial charge >= 0.3 is 37.7 Å². The van der Waals surface area contributed by atoms with Gasteiger partial charge in [-0.2, -0.15) is 8.42 Å². The van der Waals surface area contributed by atoms with Crippen LogP contribution in [0.4, 0.5) is 0 Å². The number of benzene rings is 4. The number of hydrogen-bond donors (Lipinski definition) is 2. The van der Waals surface area contributed by atoms with Crippen molar-refractivity contribution in [3.05, 3.63) is 96.1 Å². The maximum Gasteiger partial charge on any atom is 2.00 e. The first-order valence-electron chi connectivity index (χ1n) is 20.9. The van der Waals surface area contributed by atoms with Gasteiger partial charge in [0, 0.05) is 6.07 Å². The number of aromatic hydroxyl groups is 1. The van der Waals surface area contributed by atoms with Crippen LogP contribution in [0, 0.1) is 0 Å². The minimum absolute atomic E-state index is 0. The molecule has 0 spiro atoms. The normalized spacial score (nSPS) is 11.3. The summed E-state index contributed by atoms with van der Waals surface area (Å²) in [5.41, 5.74) is 1.14. The molecule has 4 rings (SSSR count). The van der Waals surface area contributed by atoms with Crippen LogP contribution in [-0.2, 0) is 33.1 Å². The summed E-state index contributed by atoms with van der Waals surface area (Å²) in [7, 11) is -8.93. The van der Waals surface area contributed by atoms with E-state index in [4.69, 9.17) is 9.47 Å².